The Morgan fingerprint density at radius 3 is 2.75 bits per heavy atom. The molecule has 1 unspecified atom stereocenters. The fraction of sp³-hybridized carbons (Fsp3) is 0.636. The molecule has 88 valence electrons. The summed E-state index contributed by atoms with van der Waals surface area (Å²) in [5.41, 5.74) is 1.75. The molecule has 0 saturated carbocycles. The van der Waals surface area contributed by atoms with Crippen LogP contribution in [0.5, 0.6) is 0 Å². The number of halogens is 1. The molecule has 0 amide bonds. The van der Waals surface area contributed by atoms with Crippen LogP contribution in [-0.2, 0) is 0 Å². The van der Waals surface area contributed by atoms with Crippen LogP contribution in [0.25, 0.3) is 0 Å². The van der Waals surface area contributed by atoms with E-state index in [1.165, 1.54) is 0 Å². The van der Waals surface area contributed by atoms with Crippen LogP contribution in [0.4, 0.5) is 5.82 Å². The number of rotatable bonds is 2. The van der Waals surface area contributed by atoms with Crippen LogP contribution in [0.1, 0.15) is 24.2 Å². The Balaban J connectivity index is 2.36. The first-order valence-electron chi connectivity index (χ1n) is 5.51. The van der Waals surface area contributed by atoms with Crippen LogP contribution in [0.2, 0.25) is 5.15 Å². The lowest BCUT2D eigenvalue weighted by Gasteiger charge is -2.25. The third-order valence-electron chi connectivity index (χ3n) is 3.11. The van der Waals surface area contributed by atoms with E-state index in [9.17, 15) is 5.11 Å². The molecule has 5 heteroatoms. The standard InChI is InChI=1S/C11H16ClN3O/c1-7-8(2)14-11(10(12)13-7)15-5-3-4-9(15)6-16/h9,16H,3-6H2,1-2H3. The summed E-state index contributed by atoms with van der Waals surface area (Å²) in [6.45, 7) is 4.85. The molecule has 0 radical (unpaired) electrons. The van der Waals surface area contributed by atoms with Gasteiger partial charge in [0.15, 0.2) is 11.0 Å². The van der Waals surface area contributed by atoms with Gasteiger partial charge < -0.3 is 10.0 Å². The minimum atomic E-state index is 0.133. The Labute approximate surface area is 100 Å². The second-order valence-corrected chi connectivity index (χ2v) is 4.54. The number of nitrogens with zero attached hydrogens (tertiary/aromatic N) is 3. The molecule has 2 heterocycles. The van der Waals surface area contributed by atoms with E-state index < -0.39 is 0 Å². The fourth-order valence-electron chi connectivity index (χ4n) is 2.05. The highest BCUT2D eigenvalue weighted by Gasteiger charge is 2.27. The molecule has 16 heavy (non-hydrogen) atoms. The predicted molar refractivity (Wildman–Crippen MR) is 64.0 cm³/mol. The van der Waals surface area contributed by atoms with Gasteiger partial charge in [-0.3, -0.25) is 0 Å². The van der Waals surface area contributed by atoms with Gasteiger partial charge in [0.1, 0.15) is 0 Å². The van der Waals surface area contributed by atoms with Gasteiger partial charge in [0.2, 0.25) is 0 Å². The second-order valence-electron chi connectivity index (χ2n) is 4.18. The number of aromatic nitrogens is 2. The Morgan fingerprint density at radius 1 is 1.38 bits per heavy atom. The Hall–Kier alpha value is -0.870. The molecule has 0 bridgehead atoms. The van der Waals surface area contributed by atoms with Crippen molar-refractivity contribution in [2.75, 3.05) is 18.1 Å². The molecule has 1 fully saturated rings. The van der Waals surface area contributed by atoms with E-state index in [4.69, 9.17) is 11.6 Å². The van der Waals surface area contributed by atoms with E-state index >= 15 is 0 Å². The zero-order valence-corrected chi connectivity index (χ0v) is 10.3. The van der Waals surface area contributed by atoms with Gasteiger partial charge in [0, 0.05) is 6.54 Å². The first-order valence-corrected chi connectivity index (χ1v) is 5.89. The summed E-state index contributed by atoms with van der Waals surface area (Å²) in [5, 5.41) is 9.71. The summed E-state index contributed by atoms with van der Waals surface area (Å²) in [7, 11) is 0. The number of aryl methyl sites for hydroxylation is 2. The maximum Gasteiger partial charge on any atom is 0.171 e. The minimum Gasteiger partial charge on any atom is -0.394 e. The predicted octanol–water partition coefficient (Wildman–Crippen LogP) is 1.71. The maximum atomic E-state index is 9.28. The third-order valence-corrected chi connectivity index (χ3v) is 3.36. The number of anilines is 1. The molecule has 1 aromatic rings. The summed E-state index contributed by atoms with van der Waals surface area (Å²) >= 11 is 6.11. The first kappa shape index (κ1) is 11.6. The first-order chi connectivity index (χ1) is 7.63. The number of aliphatic hydroxyl groups is 1. The molecule has 0 aromatic carbocycles. The van der Waals surface area contributed by atoms with Crippen molar-refractivity contribution in [2.45, 2.75) is 32.7 Å². The van der Waals surface area contributed by atoms with Crippen LogP contribution >= 0.6 is 11.6 Å². The highest BCUT2D eigenvalue weighted by Crippen LogP contribution is 2.29. The monoisotopic (exact) mass is 241 g/mol. The second kappa shape index (κ2) is 4.55. The topological polar surface area (TPSA) is 49.2 Å². The number of hydrogen-bond donors (Lipinski definition) is 1. The molecule has 2 rings (SSSR count). The van der Waals surface area contributed by atoms with E-state index in [1.54, 1.807) is 0 Å². The highest BCUT2D eigenvalue weighted by atomic mass is 35.5. The average Bonchev–Trinajstić information content (AvgIpc) is 2.71. The summed E-state index contributed by atoms with van der Waals surface area (Å²) in [5.74, 6) is 0.710. The molecule has 1 atom stereocenters. The largest absolute Gasteiger partial charge is 0.394 e. The summed E-state index contributed by atoms with van der Waals surface area (Å²) in [4.78, 5) is 10.8. The van der Waals surface area contributed by atoms with Crippen molar-refractivity contribution in [2.24, 2.45) is 0 Å². The lowest BCUT2D eigenvalue weighted by molar-refractivity contribution is 0.266. The fourth-order valence-corrected chi connectivity index (χ4v) is 2.33. The van der Waals surface area contributed by atoms with Gasteiger partial charge in [0.05, 0.1) is 24.0 Å². The van der Waals surface area contributed by atoms with Crippen molar-refractivity contribution in [3.8, 4) is 0 Å². The summed E-state index contributed by atoms with van der Waals surface area (Å²) < 4.78 is 0. The van der Waals surface area contributed by atoms with Crippen molar-refractivity contribution in [3.63, 3.8) is 0 Å². The lowest BCUT2D eigenvalue weighted by atomic mass is 10.2. The van der Waals surface area contributed by atoms with Gasteiger partial charge in [-0.1, -0.05) is 11.6 Å². The Morgan fingerprint density at radius 2 is 2.06 bits per heavy atom. The van der Waals surface area contributed by atoms with Crippen LogP contribution in [0.3, 0.4) is 0 Å². The van der Waals surface area contributed by atoms with E-state index in [-0.39, 0.29) is 12.6 Å². The third kappa shape index (κ3) is 1.99. The van der Waals surface area contributed by atoms with Gasteiger partial charge in [-0.2, -0.15) is 0 Å². The molecular formula is C11H16ClN3O. The molecular weight excluding hydrogens is 226 g/mol. The molecule has 0 aliphatic carbocycles. The normalized spacial score (nSPS) is 20.5. The van der Waals surface area contributed by atoms with Gasteiger partial charge in [-0.25, -0.2) is 9.97 Å². The van der Waals surface area contributed by atoms with Gasteiger partial charge in [-0.05, 0) is 26.7 Å². The zero-order valence-electron chi connectivity index (χ0n) is 9.57. The Bertz CT molecular complexity index is 397. The highest BCUT2D eigenvalue weighted by molar-refractivity contribution is 6.31. The maximum absolute atomic E-state index is 9.28. The van der Waals surface area contributed by atoms with Gasteiger partial charge in [-0.15, -0.1) is 0 Å². The van der Waals surface area contributed by atoms with E-state index in [0.717, 1.165) is 30.8 Å². The van der Waals surface area contributed by atoms with E-state index in [2.05, 4.69) is 14.9 Å². The molecule has 1 aliphatic rings. The average molecular weight is 242 g/mol. The van der Waals surface area contributed by atoms with Crippen molar-refractivity contribution < 1.29 is 5.11 Å². The summed E-state index contributed by atoms with van der Waals surface area (Å²) in [6, 6.07) is 0.133. The van der Waals surface area contributed by atoms with Crippen LogP contribution in [0, 0.1) is 13.8 Å². The van der Waals surface area contributed by atoms with Crippen molar-refractivity contribution in [1.82, 2.24) is 9.97 Å². The van der Waals surface area contributed by atoms with Crippen molar-refractivity contribution in [1.29, 1.82) is 0 Å². The SMILES string of the molecule is Cc1nc(Cl)c(N2CCCC2CO)nc1C. The Kier molecular flexibility index (Phi) is 3.30. The van der Waals surface area contributed by atoms with Gasteiger partial charge >= 0.3 is 0 Å². The molecule has 1 saturated heterocycles. The van der Waals surface area contributed by atoms with Crippen molar-refractivity contribution in [3.05, 3.63) is 16.5 Å². The van der Waals surface area contributed by atoms with Crippen LogP contribution in [0.15, 0.2) is 0 Å². The van der Waals surface area contributed by atoms with Crippen LogP contribution in [-0.4, -0.2) is 34.3 Å². The smallest absolute Gasteiger partial charge is 0.171 e. The number of aliphatic hydroxyl groups excluding tert-OH is 1. The van der Waals surface area contributed by atoms with Crippen molar-refractivity contribution >= 4 is 17.4 Å². The summed E-state index contributed by atoms with van der Waals surface area (Å²) in [6.07, 6.45) is 2.05. The minimum absolute atomic E-state index is 0.133. The van der Waals surface area contributed by atoms with E-state index in [0.29, 0.717) is 11.0 Å². The van der Waals surface area contributed by atoms with E-state index in [1.807, 2.05) is 13.8 Å². The molecule has 4 nitrogen and oxygen atoms in total. The van der Waals surface area contributed by atoms with Crippen LogP contribution < -0.4 is 4.90 Å². The quantitative estimate of drug-likeness (QED) is 0.857. The molecule has 1 aromatic heterocycles. The number of hydrogen-bond acceptors (Lipinski definition) is 4. The molecule has 1 aliphatic heterocycles. The zero-order chi connectivity index (χ0) is 11.7. The van der Waals surface area contributed by atoms with Gasteiger partial charge in [0.25, 0.3) is 0 Å². The molecule has 1 N–H and O–H groups in total. The molecule has 0 spiro atoms. The lowest BCUT2D eigenvalue weighted by Crippen LogP contribution is -2.33.